The Labute approximate surface area is 75.1 Å². The van der Waals surface area contributed by atoms with Gasteiger partial charge in [-0.1, -0.05) is 44.7 Å². The van der Waals surface area contributed by atoms with Gasteiger partial charge in [0.05, 0.1) is 0 Å². The van der Waals surface area contributed by atoms with Gasteiger partial charge in [-0.05, 0) is 12.4 Å². The molecule has 0 fully saturated rings. The Kier molecular flexibility index (Phi) is 11.7. The minimum absolute atomic E-state index is 0.472. The van der Waals surface area contributed by atoms with Gasteiger partial charge in [-0.3, -0.25) is 0 Å². The molecule has 0 aromatic rings. The Morgan fingerprint density at radius 2 is 1.83 bits per heavy atom. The van der Waals surface area contributed by atoms with Crippen LogP contribution in [0.3, 0.4) is 0 Å². The lowest BCUT2D eigenvalue weighted by atomic mass is 9.79. The van der Waals surface area contributed by atoms with Crippen LogP contribution in [-0.4, -0.2) is 17.2 Å². The van der Waals surface area contributed by atoms with Crippen molar-refractivity contribution >= 4 is 7.12 Å². The first-order valence-electron chi connectivity index (χ1n) is 4.03. The monoisotopic (exact) mass is 168 g/mol. The minimum Gasteiger partial charge on any atom is -0.423 e. The SMILES string of the molecule is C=C/C=C\C(=C/C)B(O)O.CC. The van der Waals surface area contributed by atoms with E-state index in [4.69, 9.17) is 10.0 Å². The summed E-state index contributed by atoms with van der Waals surface area (Å²) in [6.07, 6.45) is 6.45. The molecular weight excluding hydrogens is 151 g/mol. The van der Waals surface area contributed by atoms with E-state index in [1.807, 2.05) is 13.8 Å². The van der Waals surface area contributed by atoms with Gasteiger partial charge >= 0.3 is 7.12 Å². The Morgan fingerprint density at radius 1 is 1.33 bits per heavy atom. The highest BCUT2D eigenvalue weighted by atomic mass is 16.4. The van der Waals surface area contributed by atoms with Crippen LogP contribution in [-0.2, 0) is 0 Å². The average molecular weight is 168 g/mol. The largest absolute Gasteiger partial charge is 0.488 e. The summed E-state index contributed by atoms with van der Waals surface area (Å²) in [5.41, 5.74) is 0.472. The molecule has 0 aromatic heterocycles. The molecule has 0 aliphatic rings. The molecule has 0 radical (unpaired) electrons. The van der Waals surface area contributed by atoms with Crippen LogP contribution >= 0.6 is 0 Å². The maximum absolute atomic E-state index is 8.64. The zero-order valence-electron chi connectivity index (χ0n) is 7.99. The van der Waals surface area contributed by atoms with E-state index < -0.39 is 7.12 Å². The maximum Gasteiger partial charge on any atom is 0.488 e. The smallest absolute Gasteiger partial charge is 0.423 e. The lowest BCUT2D eigenvalue weighted by Crippen LogP contribution is -2.13. The molecular formula is C9H17BO2. The van der Waals surface area contributed by atoms with Gasteiger partial charge in [0.2, 0.25) is 0 Å². The molecule has 0 rings (SSSR count). The van der Waals surface area contributed by atoms with E-state index in [9.17, 15) is 0 Å². The van der Waals surface area contributed by atoms with E-state index in [1.54, 1.807) is 31.2 Å². The fraction of sp³-hybridized carbons (Fsp3) is 0.333. The van der Waals surface area contributed by atoms with Crippen molar-refractivity contribution in [3.8, 4) is 0 Å². The summed E-state index contributed by atoms with van der Waals surface area (Å²) < 4.78 is 0. The number of allylic oxidation sites excluding steroid dienone is 5. The van der Waals surface area contributed by atoms with E-state index in [2.05, 4.69) is 6.58 Å². The number of hydrogen-bond donors (Lipinski definition) is 2. The lowest BCUT2D eigenvalue weighted by Gasteiger charge is -1.95. The summed E-state index contributed by atoms with van der Waals surface area (Å²) in [6.45, 7) is 9.19. The van der Waals surface area contributed by atoms with Crippen molar-refractivity contribution in [1.82, 2.24) is 0 Å². The average Bonchev–Trinajstić information content (AvgIpc) is 2.09. The molecule has 0 heterocycles. The van der Waals surface area contributed by atoms with Crippen molar-refractivity contribution in [2.24, 2.45) is 0 Å². The summed E-state index contributed by atoms with van der Waals surface area (Å²) in [6, 6.07) is 0. The molecule has 0 saturated heterocycles. The fourth-order valence-electron chi connectivity index (χ4n) is 0.511. The fourth-order valence-corrected chi connectivity index (χ4v) is 0.511. The molecule has 0 atom stereocenters. The van der Waals surface area contributed by atoms with Crippen molar-refractivity contribution < 1.29 is 10.0 Å². The molecule has 0 aliphatic heterocycles. The first-order chi connectivity index (χ1) is 5.72. The summed E-state index contributed by atoms with van der Waals surface area (Å²) in [4.78, 5) is 0. The van der Waals surface area contributed by atoms with Crippen LogP contribution in [0.25, 0.3) is 0 Å². The summed E-state index contributed by atoms with van der Waals surface area (Å²) >= 11 is 0. The van der Waals surface area contributed by atoms with Crippen molar-refractivity contribution in [2.75, 3.05) is 0 Å². The van der Waals surface area contributed by atoms with Gasteiger partial charge in [-0.2, -0.15) is 0 Å². The normalized spacial score (nSPS) is 10.6. The second kappa shape index (κ2) is 10.2. The predicted octanol–water partition coefficient (Wildman–Crippen LogP) is 1.71. The van der Waals surface area contributed by atoms with Gasteiger partial charge in [0.15, 0.2) is 0 Å². The molecule has 2 nitrogen and oxygen atoms in total. The Hall–Kier alpha value is -0.795. The Morgan fingerprint density at radius 3 is 2.08 bits per heavy atom. The summed E-state index contributed by atoms with van der Waals surface area (Å²) in [5.74, 6) is 0. The number of hydrogen-bond acceptors (Lipinski definition) is 2. The van der Waals surface area contributed by atoms with E-state index in [0.717, 1.165) is 0 Å². The first kappa shape index (κ1) is 13.8. The highest BCUT2D eigenvalue weighted by Gasteiger charge is 2.08. The van der Waals surface area contributed by atoms with Gasteiger partial charge < -0.3 is 10.0 Å². The van der Waals surface area contributed by atoms with Crippen molar-refractivity contribution in [2.45, 2.75) is 20.8 Å². The highest BCUT2D eigenvalue weighted by Crippen LogP contribution is 1.97. The standard InChI is InChI=1S/C7H11BO2.C2H6/c1-3-5-6-7(4-2)8(9)10;1-2/h3-6,9-10H,1H2,2H3;1-2H3/b6-5-,7-4+;. The van der Waals surface area contributed by atoms with Crippen LogP contribution < -0.4 is 0 Å². The van der Waals surface area contributed by atoms with Gasteiger partial charge in [0, 0.05) is 0 Å². The first-order valence-corrected chi connectivity index (χ1v) is 4.03. The van der Waals surface area contributed by atoms with Crippen LogP contribution in [0, 0.1) is 0 Å². The molecule has 0 amide bonds. The van der Waals surface area contributed by atoms with E-state index in [-0.39, 0.29) is 0 Å². The van der Waals surface area contributed by atoms with E-state index in [1.165, 1.54) is 0 Å². The molecule has 0 aromatic carbocycles. The van der Waals surface area contributed by atoms with Gasteiger partial charge in [-0.25, -0.2) is 0 Å². The van der Waals surface area contributed by atoms with Crippen LogP contribution in [0.4, 0.5) is 0 Å². The molecule has 3 heteroatoms. The molecule has 2 N–H and O–H groups in total. The third-order valence-corrected chi connectivity index (χ3v) is 1.06. The van der Waals surface area contributed by atoms with Gasteiger partial charge in [0.1, 0.15) is 0 Å². The van der Waals surface area contributed by atoms with Crippen molar-refractivity contribution in [3.63, 3.8) is 0 Å². The Balaban J connectivity index is 0. The third kappa shape index (κ3) is 7.31. The zero-order chi connectivity index (χ0) is 9.98. The predicted molar refractivity (Wildman–Crippen MR) is 54.6 cm³/mol. The Bertz CT molecular complexity index is 160. The van der Waals surface area contributed by atoms with Crippen LogP contribution in [0.1, 0.15) is 20.8 Å². The summed E-state index contributed by atoms with van der Waals surface area (Å²) in [7, 11) is -1.39. The van der Waals surface area contributed by atoms with Crippen LogP contribution in [0.5, 0.6) is 0 Å². The van der Waals surface area contributed by atoms with E-state index >= 15 is 0 Å². The van der Waals surface area contributed by atoms with Crippen LogP contribution in [0.15, 0.2) is 36.4 Å². The minimum atomic E-state index is -1.39. The molecule has 0 bridgehead atoms. The molecule has 0 unspecified atom stereocenters. The molecule has 12 heavy (non-hydrogen) atoms. The zero-order valence-corrected chi connectivity index (χ0v) is 7.99. The highest BCUT2D eigenvalue weighted by molar-refractivity contribution is 6.51. The second-order valence-electron chi connectivity index (χ2n) is 1.76. The molecule has 0 aliphatic carbocycles. The van der Waals surface area contributed by atoms with Crippen molar-refractivity contribution in [1.29, 1.82) is 0 Å². The third-order valence-electron chi connectivity index (χ3n) is 1.06. The molecule has 68 valence electrons. The lowest BCUT2D eigenvalue weighted by molar-refractivity contribution is 0.420. The van der Waals surface area contributed by atoms with Crippen LogP contribution in [0.2, 0.25) is 0 Å². The second-order valence-corrected chi connectivity index (χ2v) is 1.76. The molecule has 0 spiro atoms. The van der Waals surface area contributed by atoms with E-state index in [0.29, 0.717) is 5.47 Å². The molecule has 0 saturated carbocycles. The van der Waals surface area contributed by atoms with Crippen molar-refractivity contribution in [3.05, 3.63) is 36.4 Å². The quantitative estimate of drug-likeness (QED) is 0.497. The summed E-state index contributed by atoms with van der Waals surface area (Å²) in [5, 5.41) is 17.3. The maximum atomic E-state index is 8.64. The van der Waals surface area contributed by atoms with Gasteiger partial charge in [0.25, 0.3) is 0 Å². The number of rotatable bonds is 3. The topological polar surface area (TPSA) is 40.5 Å². The van der Waals surface area contributed by atoms with Gasteiger partial charge in [-0.15, -0.1) is 0 Å².